The summed E-state index contributed by atoms with van der Waals surface area (Å²) in [6.07, 6.45) is 0.0659. The predicted octanol–water partition coefficient (Wildman–Crippen LogP) is 2.48. The van der Waals surface area contributed by atoms with Crippen LogP contribution in [0.3, 0.4) is 0 Å². The Morgan fingerprint density at radius 2 is 2.18 bits per heavy atom. The van der Waals surface area contributed by atoms with Crippen molar-refractivity contribution in [3.63, 3.8) is 0 Å². The number of nitrogens with zero attached hydrogens (tertiary/aromatic N) is 1. The largest absolute Gasteiger partial charge is 0.481 e. The summed E-state index contributed by atoms with van der Waals surface area (Å²) in [5, 5.41) is 13.6. The number of carbonyl (C=O) groups is 2. The van der Waals surface area contributed by atoms with Crippen LogP contribution in [0.2, 0.25) is 0 Å². The second kappa shape index (κ2) is 6.31. The van der Waals surface area contributed by atoms with Gasteiger partial charge in [0.15, 0.2) is 0 Å². The molecule has 0 bridgehead atoms. The fraction of sp³-hybridized carbons (Fsp3) is 0.400. The van der Waals surface area contributed by atoms with Gasteiger partial charge in [-0.2, -0.15) is 0 Å². The first-order chi connectivity index (χ1) is 10.3. The maximum absolute atomic E-state index is 11.9. The molecular formula is C15H18N2O4S. The molecule has 0 saturated carbocycles. The maximum Gasteiger partial charge on any atom is 0.310 e. The summed E-state index contributed by atoms with van der Waals surface area (Å²) in [6.45, 7) is 4.95. The number of aromatic nitrogens is 1. The van der Waals surface area contributed by atoms with Crippen LogP contribution in [0.4, 0.5) is 0 Å². The van der Waals surface area contributed by atoms with Gasteiger partial charge in [-0.05, 0) is 32.2 Å². The van der Waals surface area contributed by atoms with Gasteiger partial charge in [0.25, 0.3) is 0 Å². The maximum atomic E-state index is 11.9. The summed E-state index contributed by atoms with van der Waals surface area (Å²) in [5.41, 5.74) is -0.439. The van der Waals surface area contributed by atoms with E-state index >= 15 is 0 Å². The van der Waals surface area contributed by atoms with Crippen molar-refractivity contribution < 1.29 is 19.1 Å². The number of aryl methyl sites for hydroxylation is 1. The van der Waals surface area contributed by atoms with Crippen LogP contribution in [0.25, 0.3) is 10.8 Å². The monoisotopic (exact) mass is 322 g/mol. The zero-order chi connectivity index (χ0) is 16.3. The molecule has 0 atom stereocenters. The Morgan fingerprint density at radius 1 is 1.45 bits per heavy atom. The SMILES string of the molecule is Cc1oc(-c2cccs2)nc1CC(=O)NCC(C)(C)C(=O)O. The minimum atomic E-state index is -1.00. The standard InChI is InChI=1S/C15H18N2O4S/c1-9-10(17-13(21-9)11-5-4-6-22-11)7-12(18)16-8-15(2,3)14(19)20/h4-6H,7-8H2,1-3H3,(H,16,18)(H,19,20). The molecule has 0 aliphatic carbocycles. The number of aliphatic carboxylic acids is 1. The third-order valence-electron chi connectivity index (χ3n) is 3.26. The number of oxazole rings is 1. The van der Waals surface area contributed by atoms with Crippen molar-refractivity contribution in [2.24, 2.45) is 5.41 Å². The molecule has 2 aromatic rings. The average molecular weight is 322 g/mol. The second-order valence-corrected chi connectivity index (χ2v) is 6.59. The molecule has 2 aromatic heterocycles. The number of amides is 1. The van der Waals surface area contributed by atoms with Crippen molar-refractivity contribution >= 4 is 23.2 Å². The molecule has 7 heteroatoms. The van der Waals surface area contributed by atoms with Gasteiger partial charge in [-0.25, -0.2) is 4.98 Å². The van der Waals surface area contributed by atoms with E-state index in [4.69, 9.17) is 9.52 Å². The summed E-state index contributed by atoms with van der Waals surface area (Å²) in [6, 6.07) is 3.80. The molecule has 2 N–H and O–H groups in total. The number of carbonyl (C=O) groups excluding carboxylic acids is 1. The lowest BCUT2D eigenvalue weighted by atomic mass is 9.94. The van der Waals surface area contributed by atoms with E-state index < -0.39 is 11.4 Å². The lowest BCUT2D eigenvalue weighted by Crippen LogP contribution is -2.39. The van der Waals surface area contributed by atoms with Crippen LogP contribution < -0.4 is 5.32 Å². The molecular weight excluding hydrogens is 304 g/mol. The summed E-state index contributed by atoms with van der Waals surface area (Å²) in [5.74, 6) is -0.133. The molecule has 0 radical (unpaired) electrons. The van der Waals surface area contributed by atoms with Crippen LogP contribution in [-0.2, 0) is 16.0 Å². The van der Waals surface area contributed by atoms with Gasteiger partial charge < -0.3 is 14.8 Å². The van der Waals surface area contributed by atoms with Gasteiger partial charge in [-0.3, -0.25) is 9.59 Å². The first kappa shape index (κ1) is 16.2. The lowest BCUT2D eigenvalue weighted by molar-refractivity contribution is -0.146. The van der Waals surface area contributed by atoms with Gasteiger partial charge >= 0.3 is 5.97 Å². The molecule has 2 rings (SSSR count). The van der Waals surface area contributed by atoms with E-state index in [0.717, 1.165) is 4.88 Å². The number of thiophene rings is 1. The van der Waals surface area contributed by atoms with E-state index in [0.29, 0.717) is 17.3 Å². The Morgan fingerprint density at radius 3 is 2.77 bits per heavy atom. The van der Waals surface area contributed by atoms with Gasteiger partial charge in [0.05, 0.1) is 22.4 Å². The Bertz CT molecular complexity index is 674. The average Bonchev–Trinajstić information content (AvgIpc) is 3.07. The normalized spacial score (nSPS) is 11.4. The predicted molar refractivity (Wildman–Crippen MR) is 82.7 cm³/mol. The highest BCUT2D eigenvalue weighted by atomic mass is 32.1. The first-order valence-electron chi connectivity index (χ1n) is 6.80. The van der Waals surface area contributed by atoms with Crippen molar-refractivity contribution in [2.45, 2.75) is 27.2 Å². The molecule has 0 spiro atoms. The van der Waals surface area contributed by atoms with E-state index in [1.165, 1.54) is 11.3 Å². The molecule has 1 amide bonds. The van der Waals surface area contributed by atoms with Gasteiger partial charge in [-0.15, -0.1) is 11.3 Å². The number of hydrogen-bond acceptors (Lipinski definition) is 5. The molecule has 0 aromatic carbocycles. The van der Waals surface area contributed by atoms with Gasteiger partial charge in [-0.1, -0.05) is 6.07 Å². The number of nitrogens with one attached hydrogen (secondary N) is 1. The molecule has 0 fully saturated rings. The molecule has 118 valence electrons. The van der Waals surface area contributed by atoms with E-state index in [2.05, 4.69) is 10.3 Å². The summed E-state index contributed by atoms with van der Waals surface area (Å²) in [7, 11) is 0. The first-order valence-corrected chi connectivity index (χ1v) is 7.68. The molecule has 0 aliphatic heterocycles. The second-order valence-electron chi connectivity index (χ2n) is 5.64. The van der Waals surface area contributed by atoms with Crippen LogP contribution in [0.5, 0.6) is 0 Å². The Hall–Kier alpha value is -2.15. The smallest absolute Gasteiger partial charge is 0.310 e. The third kappa shape index (κ3) is 3.73. The molecule has 6 nitrogen and oxygen atoms in total. The van der Waals surface area contributed by atoms with Crippen molar-refractivity contribution in [1.29, 1.82) is 0 Å². The highest BCUT2D eigenvalue weighted by Gasteiger charge is 2.27. The lowest BCUT2D eigenvalue weighted by Gasteiger charge is -2.19. The highest BCUT2D eigenvalue weighted by Crippen LogP contribution is 2.26. The van der Waals surface area contributed by atoms with E-state index in [9.17, 15) is 9.59 Å². The number of carboxylic acids is 1. The van der Waals surface area contributed by atoms with Crippen LogP contribution >= 0.6 is 11.3 Å². The van der Waals surface area contributed by atoms with E-state index in [1.54, 1.807) is 20.8 Å². The van der Waals surface area contributed by atoms with Gasteiger partial charge in [0, 0.05) is 6.54 Å². The van der Waals surface area contributed by atoms with E-state index in [-0.39, 0.29) is 18.9 Å². The van der Waals surface area contributed by atoms with Crippen molar-refractivity contribution in [3.8, 4) is 10.8 Å². The molecule has 2 heterocycles. The number of hydrogen-bond donors (Lipinski definition) is 2. The van der Waals surface area contributed by atoms with Gasteiger partial charge in [0.2, 0.25) is 11.8 Å². The van der Waals surface area contributed by atoms with Crippen LogP contribution in [0.1, 0.15) is 25.3 Å². The third-order valence-corrected chi connectivity index (χ3v) is 4.12. The summed E-state index contributed by atoms with van der Waals surface area (Å²) >= 11 is 1.51. The molecule has 22 heavy (non-hydrogen) atoms. The zero-order valence-electron chi connectivity index (χ0n) is 12.7. The minimum Gasteiger partial charge on any atom is -0.481 e. The molecule has 0 saturated heterocycles. The number of rotatable bonds is 6. The summed E-state index contributed by atoms with van der Waals surface area (Å²) < 4.78 is 5.57. The molecule has 0 unspecified atom stereocenters. The van der Waals surface area contributed by atoms with Crippen molar-refractivity contribution in [1.82, 2.24) is 10.3 Å². The minimum absolute atomic E-state index is 0.0653. The highest BCUT2D eigenvalue weighted by molar-refractivity contribution is 7.13. The fourth-order valence-electron chi connectivity index (χ4n) is 1.71. The Labute approximate surface area is 132 Å². The Balaban J connectivity index is 1.99. The van der Waals surface area contributed by atoms with E-state index in [1.807, 2.05) is 17.5 Å². The fourth-order valence-corrected chi connectivity index (χ4v) is 2.36. The summed E-state index contributed by atoms with van der Waals surface area (Å²) in [4.78, 5) is 28.2. The van der Waals surface area contributed by atoms with Crippen LogP contribution in [0, 0.1) is 12.3 Å². The molecule has 0 aliphatic rings. The zero-order valence-corrected chi connectivity index (χ0v) is 13.5. The quantitative estimate of drug-likeness (QED) is 0.852. The van der Waals surface area contributed by atoms with Crippen molar-refractivity contribution in [3.05, 3.63) is 29.0 Å². The number of carboxylic acid groups (broad SMARTS) is 1. The van der Waals surface area contributed by atoms with Gasteiger partial charge in [0.1, 0.15) is 5.76 Å². The van der Waals surface area contributed by atoms with Crippen LogP contribution in [-0.4, -0.2) is 28.5 Å². The topological polar surface area (TPSA) is 92.4 Å². The van der Waals surface area contributed by atoms with Crippen LogP contribution in [0.15, 0.2) is 21.9 Å². The Kier molecular flexibility index (Phi) is 4.65. The van der Waals surface area contributed by atoms with Crippen molar-refractivity contribution in [2.75, 3.05) is 6.54 Å².